The molecule has 21 heavy (non-hydrogen) atoms. The summed E-state index contributed by atoms with van der Waals surface area (Å²) < 4.78 is 34.3. The Hall–Kier alpha value is -0.210. The van der Waals surface area contributed by atoms with E-state index in [0.717, 1.165) is 25.9 Å². The van der Waals surface area contributed by atoms with Crippen LogP contribution in [0.2, 0.25) is 0 Å². The van der Waals surface area contributed by atoms with Crippen LogP contribution in [0.4, 0.5) is 0 Å². The highest BCUT2D eigenvalue weighted by molar-refractivity contribution is 7.87. The van der Waals surface area contributed by atoms with Gasteiger partial charge >= 0.3 is 0 Å². The summed E-state index contributed by atoms with van der Waals surface area (Å²) in [5.74, 6) is 0.780. The van der Waals surface area contributed by atoms with Crippen LogP contribution >= 0.6 is 0 Å². The number of nitrogens with zero attached hydrogens (tertiary/aromatic N) is 1. The Morgan fingerprint density at radius 2 is 1.90 bits per heavy atom. The van der Waals surface area contributed by atoms with Crippen LogP contribution in [0, 0.1) is 11.8 Å². The van der Waals surface area contributed by atoms with Crippen LogP contribution in [0.15, 0.2) is 0 Å². The van der Waals surface area contributed by atoms with Crippen molar-refractivity contribution < 1.29 is 13.2 Å². The molecule has 0 saturated carbocycles. The number of piperidine rings is 1. The first-order valence-corrected chi connectivity index (χ1v) is 9.31. The highest BCUT2D eigenvalue weighted by atomic mass is 32.2. The molecular weight excluding hydrogens is 290 g/mol. The van der Waals surface area contributed by atoms with E-state index in [1.807, 2.05) is 13.8 Å². The van der Waals surface area contributed by atoms with Crippen molar-refractivity contribution in [2.75, 3.05) is 39.9 Å². The summed E-state index contributed by atoms with van der Waals surface area (Å²) >= 11 is 0. The van der Waals surface area contributed by atoms with Crippen LogP contribution in [0.25, 0.3) is 0 Å². The molecule has 0 aromatic heterocycles. The quantitative estimate of drug-likeness (QED) is 0.659. The molecule has 0 spiro atoms. The minimum Gasteiger partial charge on any atom is -0.383 e. The Bertz CT molecular complexity index is 379. The second kappa shape index (κ2) is 9.05. The molecule has 2 N–H and O–H groups in total. The molecule has 0 radical (unpaired) electrons. The summed E-state index contributed by atoms with van der Waals surface area (Å²) in [6.07, 6.45) is 1.84. The highest BCUT2D eigenvalue weighted by Crippen LogP contribution is 2.19. The predicted molar refractivity (Wildman–Crippen MR) is 85.4 cm³/mol. The van der Waals surface area contributed by atoms with Gasteiger partial charge in [0.2, 0.25) is 0 Å². The predicted octanol–water partition coefficient (Wildman–Crippen LogP) is 0.813. The van der Waals surface area contributed by atoms with Gasteiger partial charge in [-0.2, -0.15) is 17.4 Å². The van der Waals surface area contributed by atoms with Crippen molar-refractivity contribution in [2.45, 2.75) is 39.7 Å². The van der Waals surface area contributed by atoms with Crippen LogP contribution in [0.5, 0.6) is 0 Å². The van der Waals surface area contributed by atoms with Gasteiger partial charge in [0.25, 0.3) is 10.2 Å². The Kier molecular flexibility index (Phi) is 8.12. The first kappa shape index (κ1) is 18.8. The first-order chi connectivity index (χ1) is 9.90. The molecule has 0 aliphatic carbocycles. The molecule has 0 aromatic carbocycles. The number of methoxy groups -OCH3 is 1. The average Bonchev–Trinajstić information content (AvgIpc) is 2.45. The third kappa shape index (κ3) is 6.20. The van der Waals surface area contributed by atoms with Crippen molar-refractivity contribution in [2.24, 2.45) is 11.8 Å². The minimum absolute atomic E-state index is 0.181. The van der Waals surface area contributed by atoms with E-state index in [4.69, 9.17) is 4.74 Å². The second-order valence-corrected chi connectivity index (χ2v) is 7.78. The zero-order valence-electron chi connectivity index (χ0n) is 13.8. The summed E-state index contributed by atoms with van der Waals surface area (Å²) in [6.45, 7) is 9.62. The molecule has 1 atom stereocenters. The molecule has 1 heterocycles. The average molecular weight is 321 g/mol. The molecule has 1 rings (SSSR count). The third-order valence-corrected chi connectivity index (χ3v) is 5.69. The van der Waals surface area contributed by atoms with Crippen molar-refractivity contribution in [1.29, 1.82) is 0 Å². The lowest BCUT2D eigenvalue weighted by molar-refractivity contribution is 0.155. The summed E-state index contributed by atoms with van der Waals surface area (Å²) in [5, 5.41) is 3.34. The molecule has 1 aliphatic heterocycles. The van der Waals surface area contributed by atoms with Gasteiger partial charge in [-0.25, -0.2) is 0 Å². The van der Waals surface area contributed by atoms with Gasteiger partial charge in [0.1, 0.15) is 0 Å². The van der Waals surface area contributed by atoms with Crippen molar-refractivity contribution in [3.8, 4) is 0 Å². The minimum atomic E-state index is -3.41. The van der Waals surface area contributed by atoms with E-state index in [0.29, 0.717) is 25.6 Å². The van der Waals surface area contributed by atoms with E-state index in [-0.39, 0.29) is 12.0 Å². The summed E-state index contributed by atoms with van der Waals surface area (Å²) in [4.78, 5) is 0. The van der Waals surface area contributed by atoms with Crippen molar-refractivity contribution >= 4 is 10.2 Å². The lowest BCUT2D eigenvalue weighted by Crippen LogP contribution is -2.51. The molecule has 0 aromatic rings. The van der Waals surface area contributed by atoms with Crippen LogP contribution in [-0.2, 0) is 14.9 Å². The zero-order chi connectivity index (χ0) is 15.9. The second-order valence-electron chi connectivity index (χ2n) is 6.08. The Morgan fingerprint density at radius 3 is 2.38 bits per heavy atom. The van der Waals surface area contributed by atoms with E-state index in [1.165, 1.54) is 0 Å². The fraction of sp³-hybridized carbons (Fsp3) is 1.00. The topological polar surface area (TPSA) is 70.7 Å². The molecule has 0 amide bonds. The first-order valence-electron chi connectivity index (χ1n) is 7.87. The lowest BCUT2D eigenvalue weighted by Gasteiger charge is -2.33. The standard InChI is InChI=1S/C14H31N3O3S/c1-5-15-10-13-6-8-17(9-7-13)21(18,19)16-14(11-20-4)12(2)3/h12-16H,5-11H2,1-4H3. The molecule has 6 nitrogen and oxygen atoms in total. The molecular formula is C14H31N3O3S. The van der Waals surface area contributed by atoms with Gasteiger partial charge < -0.3 is 10.1 Å². The largest absolute Gasteiger partial charge is 0.383 e. The zero-order valence-corrected chi connectivity index (χ0v) is 14.6. The molecule has 126 valence electrons. The van der Waals surface area contributed by atoms with E-state index >= 15 is 0 Å². The smallest absolute Gasteiger partial charge is 0.279 e. The maximum Gasteiger partial charge on any atom is 0.279 e. The van der Waals surface area contributed by atoms with Crippen molar-refractivity contribution in [3.05, 3.63) is 0 Å². The van der Waals surface area contributed by atoms with Crippen LogP contribution in [-0.4, -0.2) is 58.7 Å². The summed E-state index contributed by atoms with van der Waals surface area (Å²) in [5.41, 5.74) is 0. The van der Waals surface area contributed by atoms with Crippen molar-refractivity contribution in [3.63, 3.8) is 0 Å². The maximum absolute atomic E-state index is 12.4. The Labute approximate surface area is 129 Å². The number of hydrogen-bond acceptors (Lipinski definition) is 4. The van der Waals surface area contributed by atoms with Gasteiger partial charge in [-0.3, -0.25) is 0 Å². The van der Waals surface area contributed by atoms with Gasteiger partial charge in [-0.05, 0) is 37.8 Å². The van der Waals surface area contributed by atoms with Gasteiger partial charge in [0.05, 0.1) is 6.61 Å². The molecule has 1 fully saturated rings. The Balaban J connectivity index is 2.52. The van der Waals surface area contributed by atoms with Crippen molar-refractivity contribution in [1.82, 2.24) is 14.3 Å². The number of hydrogen-bond donors (Lipinski definition) is 2. The van der Waals surface area contributed by atoms with E-state index in [9.17, 15) is 8.42 Å². The molecule has 0 bridgehead atoms. The van der Waals surface area contributed by atoms with Crippen LogP contribution in [0.1, 0.15) is 33.6 Å². The van der Waals surface area contributed by atoms with Gasteiger partial charge in [-0.15, -0.1) is 0 Å². The highest BCUT2D eigenvalue weighted by Gasteiger charge is 2.30. The fourth-order valence-corrected chi connectivity index (χ4v) is 4.07. The van der Waals surface area contributed by atoms with E-state index in [1.54, 1.807) is 11.4 Å². The van der Waals surface area contributed by atoms with Crippen LogP contribution < -0.4 is 10.0 Å². The SMILES string of the molecule is CCNCC1CCN(S(=O)(=O)NC(COC)C(C)C)CC1. The van der Waals surface area contributed by atoms with E-state index < -0.39 is 10.2 Å². The lowest BCUT2D eigenvalue weighted by atomic mass is 9.98. The molecule has 1 aliphatic rings. The normalized spacial score (nSPS) is 20.0. The Morgan fingerprint density at radius 1 is 1.29 bits per heavy atom. The van der Waals surface area contributed by atoms with Gasteiger partial charge in [0, 0.05) is 26.2 Å². The summed E-state index contributed by atoms with van der Waals surface area (Å²) in [7, 11) is -1.82. The number of rotatable bonds is 9. The summed E-state index contributed by atoms with van der Waals surface area (Å²) in [6, 6.07) is -0.181. The van der Waals surface area contributed by atoms with E-state index in [2.05, 4.69) is 17.0 Å². The van der Waals surface area contributed by atoms with Gasteiger partial charge in [-0.1, -0.05) is 20.8 Å². The number of nitrogens with one attached hydrogen (secondary N) is 2. The monoisotopic (exact) mass is 321 g/mol. The molecule has 7 heteroatoms. The number of ether oxygens (including phenoxy) is 1. The van der Waals surface area contributed by atoms with Crippen LogP contribution in [0.3, 0.4) is 0 Å². The molecule has 1 saturated heterocycles. The van der Waals surface area contributed by atoms with Gasteiger partial charge in [0.15, 0.2) is 0 Å². The third-order valence-electron chi connectivity index (χ3n) is 4.05. The maximum atomic E-state index is 12.4. The fourth-order valence-electron chi connectivity index (χ4n) is 2.51. The molecule has 1 unspecified atom stereocenters.